The van der Waals surface area contributed by atoms with E-state index in [9.17, 15) is 4.79 Å². The average molecular weight is 251 g/mol. The van der Waals surface area contributed by atoms with Gasteiger partial charge in [-0.1, -0.05) is 12.1 Å². The van der Waals surface area contributed by atoms with E-state index in [-0.39, 0.29) is 0 Å². The van der Waals surface area contributed by atoms with Crippen molar-refractivity contribution >= 4 is 24.4 Å². The molecule has 1 rings (SSSR count). The predicted octanol–water partition coefficient (Wildman–Crippen LogP) is 1.02. The molecule has 0 saturated carbocycles. The molecule has 1 amide bonds. The zero-order valence-corrected chi connectivity index (χ0v) is 11.0. The van der Waals surface area contributed by atoms with Gasteiger partial charge >= 0.3 is 13.2 Å². The molecular weight excluding hydrogens is 233 g/mol. The van der Waals surface area contributed by atoms with Crippen LogP contribution in [0.5, 0.6) is 0 Å². The first-order valence-electron chi connectivity index (χ1n) is 5.66. The molecule has 0 aliphatic rings. The van der Waals surface area contributed by atoms with Gasteiger partial charge in [0.05, 0.1) is 0 Å². The molecule has 3 N–H and O–H groups in total. The maximum absolute atomic E-state index is 11.6. The van der Waals surface area contributed by atoms with Crippen molar-refractivity contribution in [1.29, 1.82) is 0 Å². The Bertz CT molecular complexity index is 440. The maximum Gasteiger partial charge on any atom is 0.488 e. The number of ether oxygens (including phenoxy) is 1. The zero-order valence-electron chi connectivity index (χ0n) is 11.0. The number of carbonyl (C=O) groups excluding carboxylic acids is 1. The Balaban J connectivity index is 2.86. The van der Waals surface area contributed by atoms with E-state index in [1.165, 1.54) is 0 Å². The number of amides is 1. The van der Waals surface area contributed by atoms with Crippen molar-refractivity contribution in [3.05, 3.63) is 23.8 Å². The Kier molecular flexibility index (Phi) is 4.37. The first-order chi connectivity index (χ1) is 8.20. The molecule has 1 aromatic carbocycles. The number of anilines is 1. The summed E-state index contributed by atoms with van der Waals surface area (Å²) < 4.78 is 5.12. The minimum absolute atomic E-state index is 0.351. The van der Waals surface area contributed by atoms with Crippen LogP contribution < -0.4 is 10.8 Å². The predicted molar refractivity (Wildman–Crippen MR) is 70.9 cm³/mol. The third-order valence-electron chi connectivity index (χ3n) is 2.29. The molecule has 18 heavy (non-hydrogen) atoms. The summed E-state index contributed by atoms with van der Waals surface area (Å²) in [5, 5.41) is 20.9. The van der Waals surface area contributed by atoms with Crippen LogP contribution in [0.15, 0.2) is 18.2 Å². The van der Waals surface area contributed by atoms with E-state index in [1.807, 2.05) is 0 Å². The molecule has 0 aromatic heterocycles. The van der Waals surface area contributed by atoms with Crippen molar-refractivity contribution in [3.63, 3.8) is 0 Å². The van der Waals surface area contributed by atoms with Crippen molar-refractivity contribution in [2.24, 2.45) is 0 Å². The molecule has 0 aliphatic heterocycles. The second-order valence-electron chi connectivity index (χ2n) is 5.02. The van der Waals surface area contributed by atoms with Gasteiger partial charge in [0.15, 0.2) is 0 Å². The highest BCUT2D eigenvalue weighted by atomic mass is 16.6. The van der Waals surface area contributed by atoms with E-state index in [1.54, 1.807) is 45.9 Å². The van der Waals surface area contributed by atoms with Crippen LogP contribution in [0.1, 0.15) is 26.3 Å². The Hall–Kier alpha value is -1.53. The number of hydrogen-bond donors (Lipinski definition) is 3. The van der Waals surface area contributed by atoms with E-state index >= 15 is 0 Å². The monoisotopic (exact) mass is 251 g/mol. The largest absolute Gasteiger partial charge is 0.488 e. The summed E-state index contributed by atoms with van der Waals surface area (Å²) in [6, 6.07) is 4.89. The highest BCUT2D eigenvalue weighted by Gasteiger charge is 2.19. The van der Waals surface area contributed by atoms with Crippen molar-refractivity contribution in [2.75, 3.05) is 5.32 Å². The van der Waals surface area contributed by atoms with Gasteiger partial charge in [-0.15, -0.1) is 0 Å². The third kappa shape index (κ3) is 4.05. The van der Waals surface area contributed by atoms with Crippen molar-refractivity contribution < 1.29 is 19.6 Å². The topological polar surface area (TPSA) is 78.8 Å². The molecule has 0 heterocycles. The van der Waals surface area contributed by atoms with Gasteiger partial charge in [-0.05, 0) is 44.8 Å². The van der Waals surface area contributed by atoms with E-state index < -0.39 is 18.8 Å². The Morgan fingerprint density at radius 1 is 1.33 bits per heavy atom. The SMILES string of the molecule is Cc1c(NC(=O)OC(C)(C)C)cccc1B(O)O. The number of hydrogen-bond acceptors (Lipinski definition) is 4. The quantitative estimate of drug-likeness (QED) is 0.686. The Morgan fingerprint density at radius 2 is 1.94 bits per heavy atom. The van der Waals surface area contributed by atoms with Gasteiger partial charge in [-0.25, -0.2) is 4.79 Å². The first-order valence-corrected chi connectivity index (χ1v) is 5.66. The van der Waals surface area contributed by atoms with E-state index in [0.717, 1.165) is 0 Å². The van der Waals surface area contributed by atoms with Crippen LogP contribution in [0.4, 0.5) is 10.5 Å². The average Bonchev–Trinajstić information content (AvgIpc) is 2.17. The van der Waals surface area contributed by atoms with Crippen molar-refractivity contribution in [3.8, 4) is 0 Å². The van der Waals surface area contributed by atoms with Crippen LogP contribution in [0.2, 0.25) is 0 Å². The smallest absolute Gasteiger partial charge is 0.444 e. The number of carbonyl (C=O) groups is 1. The van der Waals surface area contributed by atoms with Crippen LogP contribution >= 0.6 is 0 Å². The van der Waals surface area contributed by atoms with E-state index in [2.05, 4.69) is 5.32 Å². The third-order valence-corrected chi connectivity index (χ3v) is 2.29. The van der Waals surface area contributed by atoms with Crippen LogP contribution in [-0.4, -0.2) is 28.9 Å². The fourth-order valence-electron chi connectivity index (χ4n) is 1.48. The Morgan fingerprint density at radius 3 is 2.44 bits per heavy atom. The van der Waals surface area contributed by atoms with E-state index in [4.69, 9.17) is 14.8 Å². The molecular formula is C12H18BNO4. The molecule has 0 saturated heterocycles. The molecule has 0 radical (unpaired) electrons. The molecule has 0 aliphatic carbocycles. The second-order valence-corrected chi connectivity index (χ2v) is 5.02. The highest BCUT2D eigenvalue weighted by Crippen LogP contribution is 2.14. The molecule has 0 atom stereocenters. The summed E-state index contributed by atoms with van der Waals surface area (Å²) in [5.74, 6) is 0. The highest BCUT2D eigenvalue weighted by molar-refractivity contribution is 6.59. The van der Waals surface area contributed by atoms with Gasteiger partial charge < -0.3 is 14.8 Å². The van der Waals surface area contributed by atoms with Gasteiger partial charge in [-0.2, -0.15) is 0 Å². The second kappa shape index (κ2) is 5.41. The Labute approximate surface area is 107 Å². The standard InChI is InChI=1S/C12H18BNO4/c1-8-9(13(16)17)6-5-7-10(8)14-11(15)18-12(2,3)4/h5-7,16-17H,1-4H3,(H,14,15). The van der Waals surface area contributed by atoms with Crippen molar-refractivity contribution in [2.45, 2.75) is 33.3 Å². The lowest BCUT2D eigenvalue weighted by Gasteiger charge is -2.20. The van der Waals surface area contributed by atoms with Gasteiger partial charge in [0.2, 0.25) is 0 Å². The lowest BCUT2D eigenvalue weighted by Crippen LogP contribution is -2.33. The van der Waals surface area contributed by atoms with Crippen LogP contribution in [0.3, 0.4) is 0 Å². The number of benzene rings is 1. The number of nitrogens with one attached hydrogen (secondary N) is 1. The van der Waals surface area contributed by atoms with Crippen LogP contribution in [-0.2, 0) is 4.74 Å². The lowest BCUT2D eigenvalue weighted by atomic mass is 9.77. The summed E-state index contributed by atoms with van der Waals surface area (Å²) in [7, 11) is -1.56. The lowest BCUT2D eigenvalue weighted by molar-refractivity contribution is 0.0636. The molecule has 0 spiro atoms. The van der Waals surface area contributed by atoms with Crippen LogP contribution in [0, 0.1) is 6.92 Å². The van der Waals surface area contributed by atoms with Gasteiger partial charge in [0.1, 0.15) is 5.60 Å². The van der Waals surface area contributed by atoms with Gasteiger partial charge in [-0.3, -0.25) is 5.32 Å². The normalized spacial score (nSPS) is 11.0. The summed E-state index contributed by atoms with van der Waals surface area (Å²) in [5.41, 5.74) is 0.864. The molecule has 5 nitrogen and oxygen atoms in total. The summed E-state index contributed by atoms with van der Waals surface area (Å²) in [6.45, 7) is 7.01. The fraction of sp³-hybridized carbons (Fsp3) is 0.417. The molecule has 6 heteroatoms. The van der Waals surface area contributed by atoms with Crippen molar-refractivity contribution in [1.82, 2.24) is 0 Å². The van der Waals surface area contributed by atoms with Gasteiger partial charge in [0.25, 0.3) is 0 Å². The molecule has 0 fully saturated rings. The fourth-order valence-corrected chi connectivity index (χ4v) is 1.48. The first kappa shape index (κ1) is 14.5. The number of rotatable bonds is 2. The van der Waals surface area contributed by atoms with Gasteiger partial charge in [0, 0.05) is 5.69 Å². The molecule has 1 aromatic rings. The molecule has 0 bridgehead atoms. The molecule has 98 valence electrons. The summed E-state index contributed by atoms with van der Waals surface area (Å²) in [4.78, 5) is 11.6. The molecule has 0 unspecified atom stereocenters. The minimum Gasteiger partial charge on any atom is -0.444 e. The summed E-state index contributed by atoms with van der Waals surface area (Å²) in [6.07, 6.45) is -0.574. The summed E-state index contributed by atoms with van der Waals surface area (Å²) >= 11 is 0. The maximum atomic E-state index is 11.6. The minimum atomic E-state index is -1.56. The van der Waals surface area contributed by atoms with Crippen LogP contribution in [0.25, 0.3) is 0 Å². The zero-order chi connectivity index (χ0) is 13.9. The van der Waals surface area contributed by atoms with E-state index in [0.29, 0.717) is 16.7 Å².